The lowest BCUT2D eigenvalue weighted by molar-refractivity contribution is 0.933. The zero-order chi connectivity index (χ0) is 34.5. The van der Waals surface area contributed by atoms with Crippen LogP contribution >= 0.6 is 0 Å². The van der Waals surface area contributed by atoms with E-state index >= 15 is 0 Å². The van der Waals surface area contributed by atoms with Gasteiger partial charge in [0, 0.05) is 27.3 Å². The SMILES string of the molecule is [2H]c1c([2H])c([2H])c(-c2nc(N3c4cc5ccccc5cc4-c4cccc5cccc3c45)nc(-n3c4ccccc4c4ccccc43)n2)c([2H])c1[2H]. The Kier molecular flexibility index (Phi) is 4.29. The lowest BCUT2D eigenvalue weighted by atomic mass is 9.90. The minimum Gasteiger partial charge on any atom is -0.278 e. The van der Waals surface area contributed by atoms with Crippen LogP contribution < -0.4 is 4.90 Å². The van der Waals surface area contributed by atoms with Crippen molar-refractivity contribution in [1.29, 1.82) is 0 Å². The number of aromatic nitrogens is 4. The summed E-state index contributed by atoms with van der Waals surface area (Å²) >= 11 is 0. The molecule has 0 saturated heterocycles. The predicted octanol–water partition coefficient (Wildman–Crippen LogP) is 10.4. The van der Waals surface area contributed by atoms with Crippen molar-refractivity contribution in [3.8, 4) is 28.5 Å². The first-order valence-electron chi connectivity index (χ1n) is 17.6. The zero-order valence-electron chi connectivity index (χ0n) is 29.3. The van der Waals surface area contributed by atoms with Crippen molar-refractivity contribution < 1.29 is 6.85 Å². The van der Waals surface area contributed by atoms with E-state index in [1.807, 2.05) is 70.1 Å². The van der Waals surface area contributed by atoms with Crippen molar-refractivity contribution in [2.75, 3.05) is 4.90 Å². The summed E-state index contributed by atoms with van der Waals surface area (Å²) in [6, 6.07) is 38.8. The van der Waals surface area contributed by atoms with Crippen molar-refractivity contribution in [3.05, 3.63) is 152 Å². The van der Waals surface area contributed by atoms with E-state index in [1.54, 1.807) is 0 Å². The Hall–Kier alpha value is -6.33. The van der Waals surface area contributed by atoms with Gasteiger partial charge >= 0.3 is 0 Å². The summed E-state index contributed by atoms with van der Waals surface area (Å²) in [5.41, 5.74) is 5.43. The smallest absolute Gasteiger partial charge is 0.240 e. The topological polar surface area (TPSA) is 46.8 Å². The number of nitrogens with zero attached hydrogens (tertiary/aromatic N) is 5. The van der Waals surface area contributed by atoms with E-state index in [-0.39, 0.29) is 35.4 Å². The number of anilines is 3. The molecule has 0 bridgehead atoms. The molecule has 1 aliphatic heterocycles. The molecule has 46 heavy (non-hydrogen) atoms. The standard InChI is InChI=1S/C41H25N5/c1-2-12-27(13-3-1)39-42-40(45-34-21-8-6-18-30(34)31-19-7-9-22-35(31)45)44-41(43-39)46-36-23-11-17-26-16-10-20-32(38(26)36)33-24-28-14-4-5-15-29(28)25-37(33)46/h1-25H/i1D,2D,3D,12D,13D. The van der Waals surface area contributed by atoms with Crippen molar-refractivity contribution in [1.82, 2.24) is 19.5 Å². The third kappa shape index (κ3) is 3.60. The molecule has 5 nitrogen and oxygen atoms in total. The molecule has 2 aromatic heterocycles. The molecule has 9 aromatic rings. The minimum absolute atomic E-state index is 0.0257. The van der Waals surface area contributed by atoms with Gasteiger partial charge in [-0.25, -0.2) is 0 Å². The van der Waals surface area contributed by atoms with E-state index < -0.39 is 18.1 Å². The van der Waals surface area contributed by atoms with Crippen LogP contribution in [0.1, 0.15) is 6.85 Å². The summed E-state index contributed by atoms with van der Waals surface area (Å²) in [6.07, 6.45) is 0. The highest BCUT2D eigenvalue weighted by atomic mass is 15.3. The summed E-state index contributed by atoms with van der Waals surface area (Å²) in [7, 11) is 0. The molecule has 3 heterocycles. The first-order valence-corrected chi connectivity index (χ1v) is 15.1. The highest BCUT2D eigenvalue weighted by Crippen LogP contribution is 2.51. The molecule has 7 aromatic carbocycles. The molecule has 0 fully saturated rings. The molecule has 0 N–H and O–H groups in total. The van der Waals surface area contributed by atoms with Crippen molar-refractivity contribution >= 4 is 60.7 Å². The maximum absolute atomic E-state index is 8.90. The summed E-state index contributed by atoms with van der Waals surface area (Å²) in [5.74, 6) is 0.483. The third-order valence-electron chi connectivity index (χ3n) is 8.83. The first-order chi connectivity index (χ1) is 24.9. The average molecular weight is 593 g/mol. The molecule has 0 radical (unpaired) electrons. The van der Waals surface area contributed by atoms with Crippen LogP contribution in [0.5, 0.6) is 0 Å². The molecular formula is C41H25N5. The van der Waals surface area contributed by atoms with Gasteiger partial charge in [0.05, 0.1) is 29.3 Å². The van der Waals surface area contributed by atoms with Gasteiger partial charge in [-0.3, -0.25) is 9.47 Å². The lowest BCUT2D eigenvalue weighted by Crippen LogP contribution is -2.19. The molecule has 0 unspecified atom stereocenters. The van der Waals surface area contributed by atoms with E-state index in [0.717, 1.165) is 65.9 Å². The van der Waals surface area contributed by atoms with Crippen LogP contribution in [0.4, 0.5) is 17.3 Å². The quantitative estimate of drug-likeness (QED) is 0.205. The Morgan fingerprint density at radius 2 is 1.13 bits per heavy atom. The van der Waals surface area contributed by atoms with E-state index in [2.05, 4.69) is 60.7 Å². The summed E-state index contributed by atoms with van der Waals surface area (Å²) in [4.78, 5) is 17.1. The summed E-state index contributed by atoms with van der Waals surface area (Å²) < 4.78 is 45.0. The van der Waals surface area contributed by atoms with E-state index in [0.29, 0.717) is 0 Å². The van der Waals surface area contributed by atoms with Crippen LogP contribution in [0.25, 0.3) is 71.8 Å². The molecule has 214 valence electrons. The number of benzene rings is 7. The Morgan fingerprint density at radius 1 is 0.500 bits per heavy atom. The summed E-state index contributed by atoms with van der Waals surface area (Å²) in [6.45, 7) is 0. The lowest BCUT2D eigenvalue weighted by Gasteiger charge is -2.32. The van der Waals surface area contributed by atoms with Gasteiger partial charge in [-0.2, -0.15) is 15.0 Å². The zero-order valence-corrected chi connectivity index (χ0v) is 24.3. The Labute approximate surface area is 271 Å². The van der Waals surface area contributed by atoms with Gasteiger partial charge in [-0.1, -0.05) is 121 Å². The van der Waals surface area contributed by atoms with E-state index in [4.69, 9.17) is 21.8 Å². The molecule has 0 saturated carbocycles. The second-order valence-corrected chi connectivity index (χ2v) is 11.4. The molecule has 1 aliphatic rings. The first kappa shape index (κ1) is 20.6. The fourth-order valence-corrected chi connectivity index (χ4v) is 6.87. The second-order valence-electron chi connectivity index (χ2n) is 11.4. The minimum atomic E-state index is -0.481. The Morgan fingerprint density at radius 3 is 1.89 bits per heavy atom. The Balaban J connectivity index is 1.36. The number of fused-ring (bicyclic) bond motifs is 6. The molecular weight excluding hydrogens is 562 g/mol. The largest absolute Gasteiger partial charge is 0.278 e. The normalized spacial score (nSPS) is 13.8. The molecule has 10 rings (SSSR count). The van der Waals surface area contributed by atoms with E-state index in [9.17, 15) is 0 Å². The molecule has 0 aliphatic carbocycles. The van der Waals surface area contributed by atoms with Crippen LogP contribution in [-0.4, -0.2) is 19.5 Å². The molecule has 5 heteroatoms. The van der Waals surface area contributed by atoms with Gasteiger partial charge in [0.15, 0.2) is 5.82 Å². The fraction of sp³-hybridized carbons (Fsp3) is 0. The molecule has 0 atom stereocenters. The number of hydrogen-bond acceptors (Lipinski definition) is 4. The second kappa shape index (κ2) is 9.58. The number of rotatable bonds is 3. The maximum atomic E-state index is 8.90. The molecule has 0 amide bonds. The van der Waals surface area contributed by atoms with Crippen LogP contribution in [0.2, 0.25) is 0 Å². The van der Waals surface area contributed by atoms with Gasteiger partial charge in [-0.15, -0.1) is 0 Å². The Bertz CT molecular complexity index is 2870. The van der Waals surface area contributed by atoms with Crippen LogP contribution in [0, 0.1) is 0 Å². The van der Waals surface area contributed by atoms with E-state index in [1.165, 1.54) is 0 Å². The predicted molar refractivity (Wildman–Crippen MR) is 188 cm³/mol. The van der Waals surface area contributed by atoms with Crippen molar-refractivity contribution in [3.63, 3.8) is 0 Å². The monoisotopic (exact) mass is 592 g/mol. The number of para-hydroxylation sites is 2. The van der Waals surface area contributed by atoms with Gasteiger partial charge in [0.25, 0.3) is 0 Å². The summed E-state index contributed by atoms with van der Waals surface area (Å²) in [5, 5.41) is 6.23. The number of hydrogen-bond donors (Lipinski definition) is 0. The van der Waals surface area contributed by atoms with Crippen LogP contribution in [0.3, 0.4) is 0 Å². The van der Waals surface area contributed by atoms with Gasteiger partial charge < -0.3 is 0 Å². The van der Waals surface area contributed by atoms with Crippen molar-refractivity contribution in [2.24, 2.45) is 0 Å². The average Bonchev–Trinajstić information content (AvgIpc) is 3.50. The highest BCUT2D eigenvalue weighted by molar-refractivity contribution is 6.15. The van der Waals surface area contributed by atoms with Gasteiger partial charge in [-0.05, 0) is 52.1 Å². The van der Waals surface area contributed by atoms with Crippen LogP contribution in [-0.2, 0) is 0 Å². The maximum Gasteiger partial charge on any atom is 0.240 e. The van der Waals surface area contributed by atoms with Crippen LogP contribution in [0.15, 0.2) is 152 Å². The third-order valence-corrected chi connectivity index (χ3v) is 8.83. The fourth-order valence-electron chi connectivity index (χ4n) is 6.87. The van der Waals surface area contributed by atoms with Gasteiger partial charge in [0.2, 0.25) is 11.9 Å². The van der Waals surface area contributed by atoms with Crippen molar-refractivity contribution in [2.45, 2.75) is 0 Å². The molecule has 0 spiro atoms. The van der Waals surface area contributed by atoms with Gasteiger partial charge in [0.1, 0.15) is 0 Å². The highest BCUT2D eigenvalue weighted by Gasteiger charge is 2.29.